The summed E-state index contributed by atoms with van der Waals surface area (Å²) in [6.07, 6.45) is 1.61. The number of pyridine rings is 1. The molecule has 0 fully saturated rings. The number of amides is 1. The number of Topliss-reactive ketones (excluding diaryl/α,β-unsaturated/α-hetero) is 1. The van der Waals surface area contributed by atoms with Crippen LogP contribution in [-0.4, -0.2) is 33.8 Å². The number of nitrogens with zero attached hydrogens (tertiary/aromatic N) is 2. The first-order valence-corrected chi connectivity index (χ1v) is 7.10. The van der Waals surface area contributed by atoms with Crippen molar-refractivity contribution in [3.8, 4) is 0 Å². The molecule has 6 heteroatoms. The normalized spacial score (nSPS) is 15.9. The van der Waals surface area contributed by atoms with E-state index in [0.717, 1.165) is 0 Å². The van der Waals surface area contributed by atoms with Crippen molar-refractivity contribution in [2.45, 2.75) is 39.7 Å². The third-order valence-electron chi connectivity index (χ3n) is 3.91. The van der Waals surface area contributed by atoms with E-state index in [9.17, 15) is 14.0 Å². The number of carbonyl (C=O) groups excluding carboxylic acids is 2. The van der Waals surface area contributed by atoms with E-state index < -0.39 is 11.5 Å². The molecular weight excluding hydrogens is 287 g/mol. The minimum atomic E-state index is -0.983. The Kier molecular flexibility index (Phi) is 4.30. The van der Waals surface area contributed by atoms with Gasteiger partial charge in [0.25, 0.3) is 5.91 Å². The van der Waals surface area contributed by atoms with Crippen molar-refractivity contribution in [1.82, 2.24) is 9.88 Å². The van der Waals surface area contributed by atoms with E-state index in [1.807, 2.05) is 0 Å². The van der Waals surface area contributed by atoms with Crippen LogP contribution in [0.2, 0.25) is 0 Å². The summed E-state index contributed by atoms with van der Waals surface area (Å²) >= 11 is 0. The van der Waals surface area contributed by atoms with Crippen molar-refractivity contribution >= 4 is 17.3 Å². The predicted octanol–water partition coefficient (Wildman–Crippen LogP) is 2.53. The first kappa shape index (κ1) is 16.1. The second kappa shape index (κ2) is 5.87. The van der Waals surface area contributed by atoms with E-state index >= 15 is 0 Å². The molecule has 1 amide bonds. The Morgan fingerprint density at radius 2 is 2.18 bits per heavy atom. The zero-order valence-corrected chi connectivity index (χ0v) is 13.1. The number of hydrogen-bond acceptors (Lipinski definition) is 4. The molecule has 0 saturated heterocycles. The highest BCUT2D eigenvalue weighted by Crippen LogP contribution is 2.31. The van der Waals surface area contributed by atoms with Gasteiger partial charge >= 0.3 is 0 Å². The molecule has 118 valence electrons. The van der Waals surface area contributed by atoms with Crippen LogP contribution in [0.5, 0.6) is 0 Å². The molecular formula is C16H19FN2O3. The van der Waals surface area contributed by atoms with Crippen LogP contribution in [0.25, 0.3) is 5.57 Å². The zero-order chi connectivity index (χ0) is 16.5. The highest BCUT2D eigenvalue weighted by molar-refractivity contribution is 6.21. The highest BCUT2D eigenvalue weighted by atomic mass is 19.1. The van der Waals surface area contributed by atoms with Crippen LogP contribution in [0.15, 0.2) is 24.1 Å². The molecule has 2 heterocycles. The van der Waals surface area contributed by atoms with Crippen LogP contribution in [0.3, 0.4) is 0 Å². The van der Waals surface area contributed by atoms with E-state index in [1.54, 1.807) is 33.8 Å². The van der Waals surface area contributed by atoms with E-state index in [0.29, 0.717) is 17.7 Å². The van der Waals surface area contributed by atoms with Gasteiger partial charge in [-0.1, -0.05) is 6.92 Å². The number of carbonyl (C=O) groups is 2. The van der Waals surface area contributed by atoms with E-state index in [-0.39, 0.29) is 24.0 Å². The lowest BCUT2D eigenvalue weighted by Gasteiger charge is -2.40. The van der Waals surface area contributed by atoms with Crippen molar-refractivity contribution in [2.24, 2.45) is 0 Å². The molecule has 0 radical (unpaired) electrons. The summed E-state index contributed by atoms with van der Waals surface area (Å²) in [5.41, 5.74) is -0.340. The van der Waals surface area contributed by atoms with Gasteiger partial charge in [-0.25, -0.2) is 4.98 Å². The molecule has 0 aromatic carbocycles. The molecule has 0 saturated carbocycles. The van der Waals surface area contributed by atoms with Gasteiger partial charge in [0.05, 0.1) is 11.1 Å². The Bertz CT molecular complexity index is 653. The molecule has 1 aliphatic rings. The number of allylic oxidation sites excluding steroid dienone is 1. The van der Waals surface area contributed by atoms with Crippen molar-refractivity contribution in [1.29, 1.82) is 0 Å². The fraction of sp³-hybridized carbons (Fsp3) is 0.438. The minimum Gasteiger partial charge on any atom is -0.477 e. The largest absolute Gasteiger partial charge is 0.477 e. The summed E-state index contributed by atoms with van der Waals surface area (Å²) in [7, 11) is 0. The molecule has 22 heavy (non-hydrogen) atoms. The maximum Gasteiger partial charge on any atom is 0.261 e. The lowest BCUT2D eigenvalue weighted by Crippen LogP contribution is -2.55. The summed E-state index contributed by atoms with van der Waals surface area (Å²) in [5, 5.41) is 0. The van der Waals surface area contributed by atoms with Crippen LogP contribution in [-0.2, 0) is 14.3 Å². The van der Waals surface area contributed by atoms with Gasteiger partial charge in [-0.3, -0.25) is 14.5 Å². The molecule has 1 aliphatic heterocycles. The average molecular weight is 306 g/mol. The number of halogens is 1. The summed E-state index contributed by atoms with van der Waals surface area (Å²) in [6.45, 7) is 6.77. The van der Waals surface area contributed by atoms with Crippen molar-refractivity contribution in [3.63, 3.8) is 0 Å². The number of ether oxygens (including phenoxy) is 1. The maximum absolute atomic E-state index is 13.3. The van der Waals surface area contributed by atoms with Crippen LogP contribution >= 0.6 is 0 Å². The first-order valence-electron chi connectivity index (χ1n) is 7.10. The van der Waals surface area contributed by atoms with Crippen LogP contribution in [0.1, 0.15) is 39.7 Å². The second-order valence-corrected chi connectivity index (χ2v) is 5.64. The Morgan fingerprint density at radius 3 is 2.77 bits per heavy atom. The molecule has 0 unspecified atom stereocenters. The lowest BCUT2D eigenvalue weighted by molar-refractivity contribution is -0.148. The van der Waals surface area contributed by atoms with Crippen molar-refractivity contribution in [3.05, 3.63) is 35.6 Å². The van der Waals surface area contributed by atoms with Gasteiger partial charge in [0.1, 0.15) is 5.76 Å². The third kappa shape index (κ3) is 2.73. The number of hydrogen-bond donors (Lipinski definition) is 0. The van der Waals surface area contributed by atoms with Gasteiger partial charge in [0, 0.05) is 18.7 Å². The van der Waals surface area contributed by atoms with Crippen LogP contribution < -0.4 is 0 Å². The quantitative estimate of drug-likeness (QED) is 0.802. The van der Waals surface area contributed by atoms with Crippen LogP contribution in [0, 0.1) is 5.95 Å². The molecule has 0 spiro atoms. The highest BCUT2D eigenvalue weighted by Gasteiger charge is 2.41. The maximum atomic E-state index is 13.3. The smallest absolute Gasteiger partial charge is 0.261 e. The molecule has 0 aliphatic carbocycles. The van der Waals surface area contributed by atoms with Crippen LogP contribution in [0.4, 0.5) is 4.39 Å². The van der Waals surface area contributed by atoms with Gasteiger partial charge < -0.3 is 4.74 Å². The monoisotopic (exact) mass is 306 g/mol. The van der Waals surface area contributed by atoms with E-state index in [4.69, 9.17) is 4.74 Å². The van der Waals surface area contributed by atoms with E-state index in [1.165, 1.54) is 17.2 Å². The molecule has 1 aromatic heterocycles. The Labute approximate surface area is 128 Å². The molecule has 0 atom stereocenters. The topological polar surface area (TPSA) is 59.5 Å². The number of aromatic nitrogens is 1. The summed E-state index contributed by atoms with van der Waals surface area (Å²) in [6, 6.07) is 2.72. The minimum absolute atomic E-state index is 0.000469. The summed E-state index contributed by atoms with van der Waals surface area (Å²) < 4.78 is 18.9. The third-order valence-corrected chi connectivity index (χ3v) is 3.91. The predicted molar refractivity (Wildman–Crippen MR) is 79.0 cm³/mol. The first-order chi connectivity index (χ1) is 10.3. The van der Waals surface area contributed by atoms with E-state index in [2.05, 4.69) is 4.98 Å². The van der Waals surface area contributed by atoms with Gasteiger partial charge in [-0.05, 0) is 32.4 Å². The van der Waals surface area contributed by atoms with Gasteiger partial charge in [-0.2, -0.15) is 4.39 Å². The summed E-state index contributed by atoms with van der Waals surface area (Å²) in [5.74, 6) is -0.677. The molecule has 0 bridgehead atoms. The Hall–Kier alpha value is -2.24. The lowest BCUT2D eigenvalue weighted by atomic mass is 9.92. The fourth-order valence-electron chi connectivity index (χ4n) is 2.46. The Balaban J connectivity index is 2.44. The SMILES string of the molecule is CCC(=O)C(C)(C)N1COC(C)=C(c2ccnc(F)c2)C1=O. The average Bonchev–Trinajstić information content (AvgIpc) is 2.46. The second-order valence-electron chi connectivity index (χ2n) is 5.64. The standard InChI is InChI=1S/C16H19FN2O3/c1-5-12(20)16(3,4)19-9-22-10(2)14(15(19)21)11-6-7-18-13(17)8-11/h6-8H,5,9H2,1-4H3. The van der Waals surface area contributed by atoms with Gasteiger partial charge in [0.2, 0.25) is 5.95 Å². The summed E-state index contributed by atoms with van der Waals surface area (Å²) in [4.78, 5) is 29.8. The van der Waals surface area contributed by atoms with Gasteiger partial charge in [0.15, 0.2) is 12.5 Å². The molecule has 0 N–H and O–H groups in total. The molecule has 2 rings (SSSR count). The van der Waals surface area contributed by atoms with Crippen molar-refractivity contribution in [2.75, 3.05) is 6.73 Å². The molecule has 1 aromatic rings. The number of ketones is 1. The van der Waals surface area contributed by atoms with Gasteiger partial charge in [-0.15, -0.1) is 0 Å². The molecule has 5 nitrogen and oxygen atoms in total. The number of rotatable bonds is 4. The van der Waals surface area contributed by atoms with Crippen molar-refractivity contribution < 1.29 is 18.7 Å². The fourth-order valence-corrected chi connectivity index (χ4v) is 2.46. The Morgan fingerprint density at radius 1 is 1.50 bits per heavy atom. The zero-order valence-electron chi connectivity index (χ0n) is 13.1.